The molecule has 0 aliphatic carbocycles. The van der Waals surface area contributed by atoms with Gasteiger partial charge in [0, 0.05) is 11.0 Å². The average molecular weight is 380 g/mol. The van der Waals surface area contributed by atoms with Crippen LogP contribution in [0.1, 0.15) is 5.56 Å². The van der Waals surface area contributed by atoms with Crippen molar-refractivity contribution in [2.24, 2.45) is 0 Å². The van der Waals surface area contributed by atoms with E-state index in [-0.39, 0.29) is 12.5 Å². The van der Waals surface area contributed by atoms with Crippen molar-refractivity contribution in [2.75, 3.05) is 20.8 Å². The second-order valence-electron chi connectivity index (χ2n) is 4.71. The Kier molecular flexibility index (Phi) is 6.29. The van der Waals surface area contributed by atoms with E-state index in [1.54, 1.807) is 32.4 Å². The lowest BCUT2D eigenvalue weighted by molar-refractivity contribution is -0.123. The van der Waals surface area contributed by atoms with Crippen molar-refractivity contribution < 1.29 is 19.0 Å². The van der Waals surface area contributed by atoms with Crippen molar-refractivity contribution >= 4 is 21.8 Å². The average Bonchev–Trinajstić information content (AvgIpc) is 2.59. The molecule has 0 aromatic heterocycles. The Labute approximate surface area is 143 Å². The molecule has 2 aromatic carbocycles. The van der Waals surface area contributed by atoms with Crippen LogP contribution in [-0.2, 0) is 11.3 Å². The summed E-state index contributed by atoms with van der Waals surface area (Å²) >= 11 is 3.34. The van der Waals surface area contributed by atoms with E-state index in [1.165, 1.54) is 0 Å². The van der Waals surface area contributed by atoms with Gasteiger partial charge < -0.3 is 19.5 Å². The highest BCUT2D eigenvalue weighted by Gasteiger charge is 2.07. The Bertz CT molecular complexity index is 658. The van der Waals surface area contributed by atoms with E-state index >= 15 is 0 Å². The molecule has 0 fully saturated rings. The van der Waals surface area contributed by atoms with Crippen molar-refractivity contribution in [3.8, 4) is 17.2 Å². The SMILES string of the molecule is COc1ccc(CNC(=O)COc2ccc(Br)cc2)cc1OC. The Morgan fingerprint density at radius 1 is 1.04 bits per heavy atom. The predicted octanol–water partition coefficient (Wildman–Crippen LogP) is 3.16. The van der Waals surface area contributed by atoms with Gasteiger partial charge in [-0.25, -0.2) is 0 Å². The standard InChI is InChI=1S/C17H18BrNO4/c1-21-15-8-3-12(9-16(15)22-2)10-19-17(20)11-23-14-6-4-13(18)5-7-14/h3-9H,10-11H2,1-2H3,(H,19,20). The first-order valence-electron chi connectivity index (χ1n) is 6.98. The molecule has 122 valence electrons. The molecule has 0 bridgehead atoms. The zero-order valence-electron chi connectivity index (χ0n) is 13.0. The first kappa shape index (κ1) is 17.1. The lowest BCUT2D eigenvalue weighted by Gasteiger charge is -2.11. The number of amides is 1. The lowest BCUT2D eigenvalue weighted by atomic mass is 10.2. The highest BCUT2D eigenvalue weighted by molar-refractivity contribution is 9.10. The van der Waals surface area contributed by atoms with E-state index in [9.17, 15) is 4.79 Å². The van der Waals surface area contributed by atoms with Gasteiger partial charge in [-0.05, 0) is 42.0 Å². The van der Waals surface area contributed by atoms with E-state index in [4.69, 9.17) is 14.2 Å². The van der Waals surface area contributed by atoms with Gasteiger partial charge in [0.1, 0.15) is 5.75 Å². The van der Waals surface area contributed by atoms with Gasteiger partial charge in [-0.1, -0.05) is 22.0 Å². The molecule has 0 radical (unpaired) electrons. The molecule has 2 rings (SSSR count). The van der Waals surface area contributed by atoms with E-state index < -0.39 is 0 Å². The Morgan fingerprint density at radius 2 is 1.74 bits per heavy atom. The van der Waals surface area contributed by atoms with Crippen LogP contribution in [0.15, 0.2) is 46.9 Å². The van der Waals surface area contributed by atoms with Crippen molar-refractivity contribution in [3.05, 3.63) is 52.5 Å². The van der Waals surface area contributed by atoms with E-state index in [0.717, 1.165) is 10.0 Å². The molecule has 2 aromatic rings. The molecule has 0 spiro atoms. The van der Waals surface area contributed by atoms with Crippen molar-refractivity contribution in [2.45, 2.75) is 6.54 Å². The van der Waals surface area contributed by atoms with Crippen LogP contribution < -0.4 is 19.5 Å². The lowest BCUT2D eigenvalue weighted by Crippen LogP contribution is -2.28. The minimum absolute atomic E-state index is 0.0328. The van der Waals surface area contributed by atoms with E-state index in [2.05, 4.69) is 21.2 Å². The van der Waals surface area contributed by atoms with Crippen LogP contribution in [0.25, 0.3) is 0 Å². The number of ether oxygens (including phenoxy) is 3. The van der Waals surface area contributed by atoms with Crippen LogP contribution in [0.4, 0.5) is 0 Å². The number of carbonyl (C=O) groups excluding carboxylic acids is 1. The molecule has 23 heavy (non-hydrogen) atoms. The van der Waals surface area contributed by atoms with Crippen LogP contribution in [-0.4, -0.2) is 26.7 Å². The molecular weight excluding hydrogens is 362 g/mol. The summed E-state index contributed by atoms with van der Waals surface area (Å²) in [5.74, 6) is 1.74. The number of methoxy groups -OCH3 is 2. The van der Waals surface area contributed by atoms with Crippen molar-refractivity contribution in [1.29, 1.82) is 0 Å². The van der Waals surface area contributed by atoms with Crippen LogP contribution in [0.3, 0.4) is 0 Å². The van der Waals surface area contributed by atoms with Gasteiger partial charge in [0.25, 0.3) is 5.91 Å². The normalized spacial score (nSPS) is 10.0. The third-order valence-electron chi connectivity index (χ3n) is 3.12. The summed E-state index contributed by atoms with van der Waals surface area (Å²) in [5.41, 5.74) is 0.916. The molecule has 0 saturated heterocycles. The number of benzene rings is 2. The minimum Gasteiger partial charge on any atom is -0.493 e. The Morgan fingerprint density at radius 3 is 2.39 bits per heavy atom. The van der Waals surface area contributed by atoms with Crippen molar-refractivity contribution in [1.82, 2.24) is 5.32 Å². The van der Waals surface area contributed by atoms with Crippen molar-refractivity contribution in [3.63, 3.8) is 0 Å². The second kappa shape index (κ2) is 8.43. The van der Waals surface area contributed by atoms with Gasteiger partial charge in [-0.2, -0.15) is 0 Å². The largest absolute Gasteiger partial charge is 0.493 e. The Hall–Kier alpha value is -2.21. The third-order valence-corrected chi connectivity index (χ3v) is 3.65. The topological polar surface area (TPSA) is 56.8 Å². The van der Waals surface area contributed by atoms with Gasteiger partial charge in [0.15, 0.2) is 18.1 Å². The van der Waals surface area contributed by atoms with Crippen LogP contribution >= 0.6 is 15.9 Å². The molecule has 0 heterocycles. The summed E-state index contributed by atoms with van der Waals surface area (Å²) < 4.78 is 16.8. The monoisotopic (exact) mass is 379 g/mol. The minimum atomic E-state index is -0.192. The zero-order chi connectivity index (χ0) is 16.7. The van der Waals surface area contributed by atoms with Gasteiger partial charge >= 0.3 is 0 Å². The molecule has 0 saturated carbocycles. The summed E-state index contributed by atoms with van der Waals surface area (Å²) in [6, 6.07) is 12.8. The molecule has 5 nitrogen and oxygen atoms in total. The summed E-state index contributed by atoms with van der Waals surface area (Å²) in [5, 5.41) is 2.80. The number of hydrogen-bond acceptors (Lipinski definition) is 4. The fourth-order valence-corrected chi connectivity index (χ4v) is 2.19. The number of carbonyl (C=O) groups is 1. The van der Waals surface area contributed by atoms with Crippen LogP contribution in [0.2, 0.25) is 0 Å². The molecule has 6 heteroatoms. The zero-order valence-corrected chi connectivity index (χ0v) is 14.6. The smallest absolute Gasteiger partial charge is 0.258 e. The quantitative estimate of drug-likeness (QED) is 0.802. The van der Waals surface area contributed by atoms with Gasteiger partial charge in [0.2, 0.25) is 0 Å². The maximum absolute atomic E-state index is 11.8. The first-order valence-corrected chi connectivity index (χ1v) is 7.77. The first-order chi connectivity index (χ1) is 11.1. The Balaban J connectivity index is 1.83. The van der Waals surface area contributed by atoms with E-state index in [1.807, 2.05) is 24.3 Å². The molecule has 1 N–H and O–H groups in total. The number of nitrogens with one attached hydrogen (secondary N) is 1. The van der Waals surface area contributed by atoms with Gasteiger partial charge in [0.05, 0.1) is 14.2 Å². The van der Waals surface area contributed by atoms with Crippen LogP contribution in [0, 0.1) is 0 Å². The highest BCUT2D eigenvalue weighted by atomic mass is 79.9. The fourth-order valence-electron chi connectivity index (χ4n) is 1.92. The summed E-state index contributed by atoms with van der Waals surface area (Å²) in [4.78, 5) is 11.8. The number of rotatable bonds is 7. The molecule has 0 aliphatic heterocycles. The summed E-state index contributed by atoms with van der Waals surface area (Å²) in [6.45, 7) is 0.359. The summed E-state index contributed by atoms with van der Waals surface area (Å²) in [6.07, 6.45) is 0. The third kappa shape index (κ3) is 5.17. The second-order valence-corrected chi connectivity index (χ2v) is 5.62. The highest BCUT2D eigenvalue weighted by Crippen LogP contribution is 2.27. The van der Waals surface area contributed by atoms with E-state index in [0.29, 0.717) is 23.8 Å². The fraction of sp³-hybridized carbons (Fsp3) is 0.235. The molecule has 0 unspecified atom stereocenters. The van der Waals surface area contributed by atoms with Gasteiger partial charge in [-0.3, -0.25) is 4.79 Å². The predicted molar refractivity (Wildman–Crippen MR) is 91.0 cm³/mol. The molecule has 0 atom stereocenters. The van der Waals surface area contributed by atoms with Gasteiger partial charge in [-0.15, -0.1) is 0 Å². The molecule has 1 amide bonds. The maximum Gasteiger partial charge on any atom is 0.258 e. The maximum atomic E-state index is 11.8. The summed E-state index contributed by atoms with van der Waals surface area (Å²) in [7, 11) is 3.16. The number of halogens is 1. The number of hydrogen-bond donors (Lipinski definition) is 1. The van der Waals surface area contributed by atoms with Crippen LogP contribution in [0.5, 0.6) is 17.2 Å². The molecular formula is C17H18BrNO4. The molecule has 0 aliphatic rings.